The van der Waals surface area contributed by atoms with Crippen LogP contribution in [0.3, 0.4) is 0 Å². The predicted octanol–water partition coefficient (Wildman–Crippen LogP) is 2.90. The fourth-order valence-corrected chi connectivity index (χ4v) is 1.80. The lowest BCUT2D eigenvalue weighted by atomic mass is 10.2. The van der Waals surface area contributed by atoms with E-state index in [1.165, 1.54) is 6.08 Å². The molecule has 19 heavy (non-hydrogen) atoms. The molecule has 5 heteroatoms. The Morgan fingerprint density at radius 2 is 2.16 bits per heavy atom. The van der Waals surface area contributed by atoms with Crippen molar-refractivity contribution >= 4 is 23.6 Å². The molecule has 1 N–H and O–H groups in total. The minimum absolute atomic E-state index is 0.147. The van der Waals surface area contributed by atoms with Gasteiger partial charge in [-0.1, -0.05) is 11.6 Å². The van der Waals surface area contributed by atoms with Gasteiger partial charge in [0.05, 0.1) is 18.7 Å². The van der Waals surface area contributed by atoms with Gasteiger partial charge in [-0.05, 0) is 37.6 Å². The van der Waals surface area contributed by atoms with E-state index in [1.54, 1.807) is 25.3 Å². The molecule has 1 rings (SSSR count). The summed E-state index contributed by atoms with van der Waals surface area (Å²) in [6, 6.07) is 3.50. The molecule has 0 unspecified atom stereocenters. The minimum atomic E-state index is -0.147. The van der Waals surface area contributed by atoms with Crippen LogP contribution in [-0.4, -0.2) is 26.2 Å². The third-order valence-electron chi connectivity index (χ3n) is 2.32. The number of carbonyl (C=O) groups is 1. The average Bonchev–Trinajstić information content (AvgIpc) is 2.39. The number of halogens is 1. The monoisotopic (exact) mass is 283 g/mol. The van der Waals surface area contributed by atoms with Gasteiger partial charge in [-0.2, -0.15) is 0 Å². The van der Waals surface area contributed by atoms with Crippen LogP contribution in [0, 0.1) is 0 Å². The van der Waals surface area contributed by atoms with E-state index < -0.39 is 0 Å². The second-order valence-electron chi connectivity index (χ2n) is 3.70. The lowest BCUT2D eigenvalue weighted by Crippen LogP contribution is -2.19. The number of carbonyl (C=O) groups excluding carboxylic acids is 1. The van der Waals surface area contributed by atoms with Crippen molar-refractivity contribution in [3.63, 3.8) is 0 Å². The number of amides is 1. The van der Waals surface area contributed by atoms with Gasteiger partial charge in [0.25, 0.3) is 0 Å². The van der Waals surface area contributed by atoms with Gasteiger partial charge in [-0.3, -0.25) is 4.79 Å². The summed E-state index contributed by atoms with van der Waals surface area (Å²) in [5.74, 6) is 0.915. The first-order valence-electron chi connectivity index (χ1n) is 6.08. The number of hydrogen-bond donors (Lipinski definition) is 1. The number of benzene rings is 1. The van der Waals surface area contributed by atoms with Crippen LogP contribution in [0.15, 0.2) is 18.2 Å². The van der Waals surface area contributed by atoms with Crippen LogP contribution < -0.4 is 14.8 Å². The van der Waals surface area contributed by atoms with Crippen LogP contribution in [0.1, 0.15) is 19.4 Å². The van der Waals surface area contributed by atoms with E-state index in [4.69, 9.17) is 21.1 Å². The SMILES string of the molecule is CCNC(=O)C=Cc1cc(Cl)c(OCC)c(OC)c1. The maximum atomic E-state index is 11.3. The van der Waals surface area contributed by atoms with Gasteiger partial charge < -0.3 is 14.8 Å². The van der Waals surface area contributed by atoms with E-state index >= 15 is 0 Å². The molecule has 0 aliphatic carbocycles. The molecule has 0 radical (unpaired) electrons. The number of rotatable bonds is 6. The molecule has 0 aliphatic heterocycles. The summed E-state index contributed by atoms with van der Waals surface area (Å²) in [6.45, 7) is 4.84. The molecule has 0 bridgehead atoms. The summed E-state index contributed by atoms with van der Waals surface area (Å²) < 4.78 is 10.6. The van der Waals surface area contributed by atoms with Crippen molar-refractivity contribution in [2.45, 2.75) is 13.8 Å². The first-order valence-corrected chi connectivity index (χ1v) is 6.46. The molecular formula is C14H18ClNO3. The molecule has 0 fully saturated rings. The Labute approximate surface area is 118 Å². The van der Waals surface area contributed by atoms with E-state index in [0.29, 0.717) is 29.7 Å². The molecule has 0 saturated carbocycles. The fraction of sp³-hybridized carbons (Fsp3) is 0.357. The van der Waals surface area contributed by atoms with Crippen molar-refractivity contribution in [2.75, 3.05) is 20.3 Å². The quantitative estimate of drug-likeness (QED) is 0.817. The zero-order valence-corrected chi connectivity index (χ0v) is 12.1. The maximum absolute atomic E-state index is 11.3. The standard InChI is InChI=1S/C14H18ClNO3/c1-4-16-13(17)7-6-10-8-11(15)14(19-5-2)12(9-10)18-3/h6-9H,4-5H2,1-3H3,(H,16,17). The van der Waals surface area contributed by atoms with E-state index in [1.807, 2.05) is 13.8 Å². The Morgan fingerprint density at radius 3 is 2.74 bits per heavy atom. The Hall–Kier alpha value is -1.68. The summed E-state index contributed by atoms with van der Waals surface area (Å²) in [5, 5.41) is 3.13. The van der Waals surface area contributed by atoms with E-state index in [9.17, 15) is 4.79 Å². The maximum Gasteiger partial charge on any atom is 0.243 e. The van der Waals surface area contributed by atoms with Crippen LogP contribution in [0.25, 0.3) is 6.08 Å². The Morgan fingerprint density at radius 1 is 1.42 bits per heavy atom. The van der Waals surface area contributed by atoms with Gasteiger partial charge in [-0.25, -0.2) is 0 Å². The molecule has 104 valence electrons. The number of likely N-dealkylation sites (N-methyl/N-ethyl adjacent to an activating group) is 1. The third-order valence-corrected chi connectivity index (χ3v) is 2.60. The van der Waals surface area contributed by atoms with Gasteiger partial charge in [-0.15, -0.1) is 0 Å². The molecule has 4 nitrogen and oxygen atoms in total. The van der Waals surface area contributed by atoms with Crippen molar-refractivity contribution in [1.29, 1.82) is 0 Å². The summed E-state index contributed by atoms with van der Waals surface area (Å²) in [6.07, 6.45) is 3.13. The van der Waals surface area contributed by atoms with E-state index in [-0.39, 0.29) is 5.91 Å². The highest BCUT2D eigenvalue weighted by Crippen LogP contribution is 2.36. The average molecular weight is 284 g/mol. The summed E-state index contributed by atoms with van der Waals surface area (Å²) in [4.78, 5) is 11.3. The molecule has 0 atom stereocenters. The van der Waals surface area contributed by atoms with Crippen LogP contribution in [-0.2, 0) is 4.79 Å². The second-order valence-corrected chi connectivity index (χ2v) is 4.10. The van der Waals surface area contributed by atoms with Crippen LogP contribution >= 0.6 is 11.6 Å². The molecule has 0 heterocycles. The molecule has 0 aliphatic rings. The number of ether oxygens (including phenoxy) is 2. The topological polar surface area (TPSA) is 47.6 Å². The number of nitrogens with one attached hydrogen (secondary N) is 1. The predicted molar refractivity (Wildman–Crippen MR) is 76.9 cm³/mol. The second kappa shape index (κ2) is 7.69. The minimum Gasteiger partial charge on any atom is -0.493 e. The summed E-state index contributed by atoms with van der Waals surface area (Å²) in [7, 11) is 1.55. The van der Waals surface area contributed by atoms with Gasteiger partial charge in [0.15, 0.2) is 11.5 Å². The first-order chi connectivity index (χ1) is 9.12. The van der Waals surface area contributed by atoms with Gasteiger partial charge in [0.1, 0.15) is 0 Å². The molecule has 0 saturated heterocycles. The van der Waals surface area contributed by atoms with Crippen LogP contribution in [0.2, 0.25) is 5.02 Å². The van der Waals surface area contributed by atoms with Gasteiger partial charge >= 0.3 is 0 Å². The summed E-state index contributed by atoms with van der Waals surface area (Å²) in [5.41, 5.74) is 0.775. The molecule has 1 aromatic carbocycles. The van der Waals surface area contributed by atoms with Crippen molar-refractivity contribution < 1.29 is 14.3 Å². The van der Waals surface area contributed by atoms with Crippen molar-refractivity contribution in [1.82, 2.24) is 5.32 Å². The third kappa shape index (κ3) is 4.48. The Kier molecular flexibility index (Phi) is 6.22. The largest absolute Gasteiger partial charge is 0.493 e. The van der Waals surface area contributed by atoms with Crippen LogP contribution in [0.5, 0.6) is 11.5 Å². The zero-order valence-electron chi connectivity index (χ0n) is 11.3. The van der Waals surface area contributed by atoms with E-state index in [2.05, 4.69) is 5.32 Å². The molecular weight excluding hydrogens is 266 g/mol. The van der Waals surface area contributed by atoms with Crippen LogP contribution in [0.4, 0.5) is 0 Å². The fourth-order valence-electron chi connectivity index (χ4n) is 1.53. The lowest BCUT2D eigenvalue weighted by molar-refractivity contribution is -0.116. The number of methoxy groups -OCH3 is 1. The number of hydrogen-bond acceptors (Lipinski definition) is 3. The highest BCUT2D eigenvalue weighted by molar-refractivity contribution is 6.32. The lowest BCUT2D eigenvalue weighted by Gasteiger charge is -2.11. The van der Waals surface area contributed by atoms with Crippen molar-refractivity contribution in [3.05, 3.63) is 28.8 Å². The van der Waals surface area contributed by atoms with Gasteiger partial charge in [0.2, 0.25) is 5.91 Å². The smallest absolute Gasteiger partial charge is 0.243 e. The normalized spacial score (nSPS) is 10.5. The summed E-state index contributed by atoms with van der Waals surface area (Å²) >= 11 is 6.13. The Balaban J connectivity index is 2.98. The van der Waals surface area contributed by atoms with E-state index in [0.717, 1.165) is 5.56 Å². The molecule has 1 amide bonds. The van der Waals surface area contributed by atoms with Gasteiger partial charge in [0, 0.05) is 12.6 Å². The highest BCUT2D eigenvalue weighted by atomic mass is 35.5. The first kappa shape index (κ1) is 15.4. The molecule has 0 aromatic heterocycles. The highest BCUT2D eigenvalue weighted by Gasteiger charge is 2.10. The zero-order chi connectivity index (χ0) is 14.3. The Bertz CT molecular complexity index is 472. The molecule has 0 spiro atoms. The molecule has 1 aromatic rings. The van der Waals surface area contributed by atoms with Crippen molar-refractivity contribution in [3.8, 4) is 11.5 Å². The van der Waals surface area contributed by atoms with Crippen molar-refractivity contribution in [2.24, 2.45) is 0 Å².